The summed E-state index contributed by atoms with van der Waals surface area (Å²) < 4.78 is 23.5. The Morgan fingerprint density at radius 3 is 1.87 bits per heavy atom. The molecule has 2 bridgehead atoms. The van der Waals surface area contributed by atoms with Crippen molar-refractivity contribution in [1.82, 2.24) is 5.32 Å². The predicted molar refractivity (Wildman–Crippen MR) is 249 cm³/mol. The Balaban J connectivity index is 1.91. The second-order valence-electron chi connectivity index (χ2n) is 18.2. The molecule has 386 valence electrons. The van der Waals surface area contributed by atoms with Crippen molar-refractivity contribution in [3.05, 3.63) is 85.1 Å². The fourth-order valence-electron chi connectivity index (χ4n) is 8.27. The highest BCUT2D eigenvalue weighted by atomic mass is 16.7. The van der Waals surface area contributed by atoms with Gasteiger partial charge in [-0.3, -0.25) is 9.59 Å². The molecule has 0 aromatic rings. The number of cyclic esters (lactones) is 1. The normalized spacial score (nSPS) is 44.0. The maximum absolute atomic E-state index is 13.4. The number of carbonyl (C=O) groups excluding carboxylic acids is 2. The Morgan fingerprint density at radius 2 is 1.26 bits per heavy atom. The van der Waals surface area contributed by atoms with Crippen LogP contribution in [0.25, 0.3) is 0 Å². The largest absolute Gasteiger partial charge is 0.462 e. The highest BCUT2D eigenvalue weighted by molar-refractivity contribution is 5.80. The summed E-state index contributed by atoms with van der Waals surface area (Å²) in [6.07, 6.45) is 4.18. The van der Waals surface area contributed by atoms with Gasteiger partial charge in [0.2, 0.25) is 5.91 Å². The Bertz CT molecular complexity index is 1720. The van der Waals surface area contributed by atoms with E-state index in [2.05, 4.69) is 5.32 Å². The summed E-state index contributed by atoms with van der Waals surface area (Å²) in [7, 11) is 0. The van der Waals surface area contributed by atoms with E-state index in [4.69, 9.17) is 24.7 Å². The summed E-state index contributed by atoms with van der Waals surface area (Å²) in [5, 5.41) is 121. The lowest BCUT2D eigenvalue weighted by atomic mass is 9.82. The van der Waals surface area contributed by atoms with Gasteiger partial charge in [0.05, 0.1) is 92.1 Å². The number of carbonyl (C=O) groups is 2. The first-order valence-corrected chi connectivity index (χ1v) is 23.5. The van der Waals surface area contributed by atoms with Crippen molar-refractivity contribution in [1.29, 1.82) is 0 Å². The minimum atomic E-state index is -2.33. The molecule has 3 aliphatic heterocycles. The van der Waals surface area contributed by atoms with Gasteiger partial charge in [-0.25, -0.2) is 0 Å². The predicted octanol–water partition coefficient (Wildman–Crippen LogP) is -0.264. The number of allylic oxidation sites excluding steroid dienone is 12. The number of rotatable bonds is 5. The Hall–Kier alpha value is -3.48. The highest BCUT2D eigenvalue weighted by Crippen LogP contribution is 2.38. The van der Waals surface area contributed by atoms with E-state index in [1.165, 1.54) is 0 Å². The van der Waals surface area contributed by atoms with E-state index in [9.17, 15) is 65.8 Å². The molecular formula is C49H78N2O17. The van der Waals surface area contributed by atoms with Crippen LogP contribution < -0.4 is 11.1 Å². The molecule has 2 fully saturated rings. The molecule has 19 atom stereocenters. The topological polar surface area (TPSA) is 332 Å². The van der Waals surface area contributed by atoms with Gasteiger partial charge in [-0.1, -0.05) is 98.9 Å². The summed E-state index contributed by atoms with van der Waals surface area (Å²) in [5.74, 6) is -5.88. The number of fused-ring (bicyclic) bond motifs is 2. The van der Waals surface area contributed by atoms with Crippen molar-refractivity contribution in [2.45, 2.75) is 177 Å². The molecule has 68 heavy (non-hydrogen) atoms. The lowest BCUT2D eigenvalue weighted by molar-refractivity contribution is -0.308. The van der Waals surface area contributed by atoms with Gasteiger partial charge in [-0.2, -0.15) is 0 Å². The number of nitrogens with one attached hydrogen (secondary N) is 1. The van der Waals surface area contributed by atoms with Crippen LogP contribution in [0.1, 0.15) is 79.1 Å². The van der Waals surface area contributed by atoms with Gasteiger partial charge in [-0.05, 0) is 39.5 Å². The zero-order valence-corrected chi connectivity index (χ0v) is 39.5. The Morgan fingerprint density at radius 1 is 0.706 bits per heavy atom. The molecule has 3 aliphatic rings. The van der Waals surface area contributed by atoms with E-state index in [1.54, 1.807) is 81.5 Å². The van der Waals surface area contributed by atoms with Crippen LogP contribution in [0.3, 0.4) is 0 Å². The number of esters is 1. The molecule has 0 saturated carbocycles. The molecule has 3 rings (SSSR count). The van der Waals surface area contributed by atoms with Gasteiger partial charge in [0.1, 0.15) is 12.2 Å². The first-order chi connectivity index (χ1) is 32.2. The Labute approximate surface area is 399 Å². The van der Waals surface area contributed by atoms with Crippen molar-refractivity contribution in [2.75, 3.05) is 13.2 Å². The van der Waals surface area contributed by atoms with Crippen molar-refractivity contribution < 1.29 is 84.7 Å². The zero-order chi connectivity index (χ0) is 50.6. The lowest BCUT2D eigenvalue weighted by Gasteiger charge is -2.46. The number of aliphatic hydroxyl groups excluding tert-OH is 10. The van der Waals surface area contributed by atoms with Crippen LogP contribution in [0, 0.1) is 17.8 Å². The average molecular weight is 967 g/mol. The summed E-state index contributed by atoms with van der Waals surface area (Å²) >= 11 is 0. The van der Waals surface area contributed by atoms with Crippen LogP contribution in [-0.2, 0) is 28.5 Å². The van der Waals surface area contributed by atoms with E-state index >= 15 is 0 Å². The van der Waals surface area contributed by atoms with Crippen LogP contribution in [0.2, 0.25) is 0 Å². The molecule has 2 unspecified atom stereocenters. The second-order valence-corrected chi connectivity index (χ2v) is 18.2. The average Bonchev–Trinajstić information content (AvgIpc) is 3.26. The minimum Gasteiger partial charge on any atom is -0.462 e. The van der Waals surface area contributed by atoms with Crippen LogP contribution in [-0.4, -0.2) is 179 Å². The van der Waals surface area contributed by atoms with Crippen LogP contribution in [0.4, 0.5) is 0 Å². The standard InChI is InChI=1S/C49H78N2O17/c1-29-17-15-13-11-9-7-5-6-8-10-12-14-16-18-36(67-48-46(62)43(50)45(61)32(4)66-48)26-40-42(47(63)51-21-22-52)39(58)28-49(64,68-40)27-38(57)37(56)20-19-33(53)23-34(54)24-35(55)25-41(59)65-31(3)30(2)44(29)60/h5-18,29-40,42-46,48,52-58,60-62,64H,19-28,50H2,1-4H3,(H,51,63)/b6-5+,9-7+,10-8+,13-11+,14-12+,17-15+,18-16+/t29-,30-,31-,32+,33+,34?,35+,36-,37+,38+,39-,40?,42+,43-,44+,45+,46-,48-,49+/m0/s1. The van der Waals surface area contributed by atoms with E-state index < -0.39 is 147 Å². The van der Waals surface area contributed by atoms with Crippen molar-refractivity contribution in [3.63, 3.8) is 0 Å². The molecule has 2 saturated heterocycles. The maximum atomic E-state index is 13.4. The van der Waals surface area contributed by atoms with Gasteiger partial charge < -0.3 is 86.2 Å². The van der Waals surface area contributed by atoms with Crippen molar-refractivity contribution in [2.24, 2.45) is 23.5 Å². The minimum absolute atomic E-state index is 0.135. The van der Waals surface area contributed by atoms with E-state index in [0.29, 0.717) is 0 Å². The third-order valence-electron chi connectivity index (χ3n) is 12.5. The molecule has 0 radical (unpaired) electrons. The molecule has 0 aromatic carbocycles. The third-order valence-corrected chi connectivity index (χ3v) is 12.5. The molecule has 0 spiro atoms. The molecule has 3 heterocycles. The number of ether oxygens (including phenoxy) is 4. The summed E-state index contributed by atoms with van der Waals surface area (Å²) in [6, 6.07) is -1.14. The number of hydrogen-bond acceptors (Lipinski definition) is 18. The molecule has 0 aliphatic carbocycles. The lowest BCUT2D eigenvalue weighted by Crippen LogP contribution is -2.62. The quantitative estimate of drug-likeness (QED) is 0.158. The first-order valence-electron chi connectivity index (χ1n) is 23.5. The monoisotopic (exact) mass is 967 g/mol. The molecule has 1 amide bonds. The molecular weight excluding hydrogens is 889 g/mol. The summed E-state index contributed by atoms with van der Waals surface area (Å²) in [6.45, 7) is 6.19. The van der Waals surface area contributed by atoms with Crippen LogP contribution in [0.15, 0.2) is 85.1 Å². The van der Waals surface area contributed by atoms with Crippen LogP contribution in [0.5, 0.6) is 0 Å². The van der Waals surface area contributed by atoms with Gasteiger partial charge in [0.25, 0.3) is 0 Å². The molecule has 14 N–H and O–H groups in total. The van der Waals surface area contributed by atoms with Crippen molar-refractivity contribution >= 4 is 11.9 Å². The van der Waals surface area contributed by atoms with Gasteiger partial charge in [0.15, 0.2) is 12.1 Å². The number of nitrogens with two attached hydrogens (primary N) is 1. The second kappa shape index (κ2) is 29.6. The van der Waals surface area contributed by atoms with Gasteiger partial charge in [-0.15, -0.1) is 0 Å². The summed E-state index contributed by atoms with van der Waals surface area (Å²) in [5.41, 5.74) is 6.07. The van der Waals surface area contributed by atoms with E-state index in [-0.39, 0.29) is 44.6 Å². The van der Waals surface area contributed by atoms with Gasteiger partial charge in [0, 0.05) is 37.6 Å². The SMILES string of the molecule is C[C@@H]1[C@H](O)[C@@H](C)/C=C/C=C/C=C/C=C/C=C/C=C/C=C/[C@H](O[C@@H]2O[C@H](C)[C@@H](O)[C@H](N)[C@@H]2O)CC2O[C@](O)(C[C@@H](O)[C@H](O)CC[C@@H](O)CC(O)C[C@@H](O)CC(=O)O[C@H]1C)C[C@H](O)[C@H]2C(=O)NCCO. The number of hydrogen-bond donors (Lipinski definition) is 13. The van der Waals surface area contributed by atoms with E-state index in [1.807, 2.05) is 31.2 Å². The fourth-order valence-corrected chi connectivity index (χ4v) is 8.27. The van der Waals surface area contributed by atoms with Gasteiger partial charge >= 0.3 is 5.97 Å². The Kier molecular flexibility index (Phi) is 25.6. The number of amides is 1. The first kappa shape index (κ1) is 58.8. The zero-order valence-electron chi connectivity index (χ0n) is 39.5. The molecule has 19 nitrogen and oxygen atoms in total. The highest BCUT2D eigenvalue weighted by Gasteiger charge is 2.51. The van der Waals surface area contributed by atoms with E-state index in [0.717, 1.165) is 0 Å². The van der Waals surface area contributed by atoms with Crippen LogP contribution >= 0.6 is 0 Å². The smallest absolute Gasteiger partial charge is 0.308 e. The molecule has 0 aromatic heterocycles. The molecule has 19 heteroatoms. The fraction of sp³-hybridized carbons (Fsp3) is 0.673. The number of aliphatic hydroxyl groups is 11. The summed E-state index contributed by atoms with van der Waals surface area (Å²) in [4.78, 5) is 26.1. The third kappa shape index (κ3) is 19.7. The maximum Gasteiger partial charge on any atom is 0.308 e. The van der Waals surface area contributed by atoms with Crippen molar-refractivity contribution in [3.8, 4) is 0 Å².